The van der Waals surface area contributed by atoms with Gasteiger partial charge in [0.1, 0.15) is 5.75 Å². The Morgan fingerprint density at radius 3 is 2.41 bits per heavy atom. The minimum absolute atomic E-state index is 0.00581. The molecule has 0 saturated heterocycles. The highest BCUT2D eigenvalue weighted by atomic mass is 16.5. The van der Waals surface area contributed by atoms with Crippen molar-refractivity contribution in [2.24, 2.45) is 0 Å². The molecule has 0 aliphatic carbocycles. The SMILES string of the molecule is COc1c(C)c(/C=C(\CCCCCc2cccnc2)C(=O)O)c(OC)c(C)c1O. The van der Waals surface area contributed by atoms with Crippen molar-refractivity contribution in [3.63, 3.8) is 0 Å². The Bertz CT molecular complexity index is 875. The Kier molecular flexibility index (Phi) is 8.07. The number of nitrogens with zero attached hydrogens (tertiary/aromatic N) is 1. The topological polar surface area (TPSA) is 88.9 Å². The summed E-state index contributed by atoms with van der Waals surface area (Å²) in [5, 5.41) is 20.0. The van der Waals surface area contributed by atoms with Gasteiger partial charge < -0.3 is 19.7 Å². The van der Waals surface area contributed by atoms with Crippen molar-refractivity contribution >= 4 is 12.0 Å². The van der Waals surface area contributed by atoms with E-state index in [9.17, 15) is 15.0 Å². The highest BCUT2D eigenvalue weighted by Gasteiger charge is 2.21. The summed E-state index contributed by atoms with van der Waals surface area (Å²) in [5.74, 6) is -0.165. The molecule has 2 N–H and O–H groups in total. The summed E-state index contributed by atoms with van der Waals surface area (Å²) in [6, 6.07) is 3.97. The summed E-state index contributed by atoms with van der Waals surface area (Å²) in [5.41, 5.74) is 3.27. The number of rotatable bonds is 10. The molecule has 0 amide bonds. The second kappa shape index (κ2) is 10.5. The summed E-state index contributed by atoms with van der Waals surface area (Å²) in [4.78, 5) is 15.9. The first kappa shape index (κ1) is 22.3. The third-order valence-corrected chi connectivity index (χ3v) is 5.04. The van der Waals surface area contributed by atoms with E-state index in [0.717, 1.165) is 25.7 Å². The first-order valence-corrected chi connectivity index (χ1v) is 9.67. The number of hydrogen-bond acceptors (Lipinski definition) is 5. The third kappa shape index (κ3) is 5.50. The molecule has 29 heavy (non-hydrogen) atoms. The lowest BCUT2D eigenvalue weighted by molar-refractivity contribution is -0.132. The van der Waals surface area contributed by atoms with Crippen LogP contribution in [0.2, 0.25) is 0 Å². The van der Waals surface area contributed by atoms with E-state index in [1.54, 1.807) is 26.1 Å². The molecule has 0 unspecified atom stereocenters. The molecule has 0 aliphatic rings. The molecule has 0 radical (unpaired) electrons. The smallest absolute Gasteiger partial charge is 0.331 e. The molecule has 0 spiro atoms. The zero-order valence-corrected chi connectivity index (χ0v) is 17.5. The summed E-state index contributed by atoms with van der Waals surface area (Å²) >= 11 is 0. The summed E-state index contributed by atoms with van der Waals surface area (Å²) in [6.07, 6.45) is 9.30. The van der Waals surface area contributed by atoms with Crippen LogP contribution in [-0.4, -0.2) is 35.4 Å². The van der Waals surface area contributed by atoms with Crippen molar-refractivity contribution in [1.82, 2.24) is 4.98 Å². The summed E-state index contributed by atoms with van der Waals surface area (Å²) in [7, 11) is 2.98. The van der Waals surface area contributed by atoms with Gasteiger partial charge in [0.2, 0.25) is 0 Å². The van der Waals surface area contributed by atoms with Gasteiger partial charge in [0.25, 0.3) is 0 Å². The van der Waals surface area contributed by atoms with Crippen molar-refractivity contribution in [3.8, 4) is 17.2 Å². The fourth-order valence-electron chi connectivity index (χ4n) is 3.42. The molecule has 0 saturated carbocycles. The lowest BCUT2D eigenvalue weighted by Gasteiger charge is -2.18. The highest BCUT2D eigenvalue weighted by molar-refractivity contribution is 5.93. The largest absolute Gasteiger partial charge is 0.504 e. The zero-order chi connectivity index (χ0) is 21.4. The van der Waals surface area contributed by atoms with Gasteiger partial charge in [0.05, 0.1) is 14.2 Å². The summed E-state index contributed by atoms with van der Waals surface area (Å²) < 4.78 is 10.8. The number of benzene rings is 1. The molecule has 6 nitrogen and oxygen atoms in total. The molecule has 2 rings (SSSR count). The number of aromatic hydroxyl groups is 1. The minimum Gasteiger partial charge on any atom is -0.504 e. The molecule has 0 bridgehead atoms. The summed E-state index contributed by atoms with van der Waals surface area (Å²) in [6.45, 7) is 3.49. The van der Waals surface area contributed by atoms with E-state index in [4.69, 9.17) is 9.47 Å². The molecule has 2 aromatic rings. The van der Waals surface area contributed by atoms with Crippen LogP contribution in [0.1, 0.15) is 47.9 Å². The normalized spacial score (nSPS) is 11.4. The predicted molar refractivity (Wildman–Crippen MR) is 113 cm³/mol. The van der Waals surface area contributed by atoms with E-state index in [2.05, 4.69) is 4.98 Å². The van der Waals surface area contributed by atoms with Crippen molar-refractivity contribution in [1.29, 1.82) is 0 Å². The van der Waals surface area contributed by atoms with Crippen LogP contribution in [0.3, 0.4) is 0 Å². The van der Waals surface area contributed by atoms with Crippen LogP contribution in [0.15, 0.2) is 30.1 Å². The van der Waals surface area contributed by atoms with E-state index in [1.807, 2.05) is 18.3 Å². The van der Waals surface area contributed by atoms with Gasteiger partial charge in [0, 0.05) is 34.7 Å². The molecule has 1 aromatic carbocycles. The quantitative estimate of drug-likeness (QED) is 0.445. The fourth-order valence-corrected chi connectivity index (χ4v) is 3.42. The highest BCUT2D eigenvalue weighted by Crippen LogP contribution is 2.43. The van der Waals surface area contributed by atoms with Gasteiger partial charge in [0.15, 0.2) is 11.5 Å². The van der Waals surface area contributed by atoms with Crippen molar-refractivity contribution in [2.75, 3.05) is 14.2 Å². The van der Waals surface area contributed by atoms with Gasteiger partial charge in [-0.2, -0.15) is 0 Å². The third-order valence-electron chi connectivity index (χ3n) is 5.04. The molecule has 0 fully saturated rings. The molecule has 1 aromatic heterocycles. The predicted octanol–water partition coefficient (Wildman–Crippen LogP) is 4.69. The number of phenols is 1. The minimum atomic E-state index is -0.955. The van der Waals surface area contributed by atoms with Gasteiger partial charge in [-0.15, -0.1) is 0 Å². The Morgan fingerprint density at radius 2 is 1.83 bits per heavy atom. The van der Waals surface area contributed by atoms with Gasteiger partial charge in [-0.05, 0) is 57.2 Å². The number of carboxylic acids is 1. The van der Waals surface area contributed by atoms with Gasteiger partial charge >= 0.3 is 5.97 Å². The number of unbranched alkanes of at least 4 members (excludes halogenated alkanes) is 2. The molecule has 156 valence electrons. The zero-order valence-electron chi connectivity index (χ0n) is 17.5. The standard InChI is InChI=1S/C23H29NO5/c1-15-19(21(28-3)16(2)20(25)22(15)29-4)13-18(23(26)27)11-7-5-6-9-17-10-8-12-24-14-17/h8,10,12-14,25H,5-7,9,11H2,1-4H3,(H,26,27)/b18-13+. The first-order chi connectivity index (χ1) is 13.9. The Balaban J connectivity index is 2.16. The van der Waals surface area contributed by atoms with Crippen LogP contribution in [0.25, 0.3) is 6.08 Å². The van der Waals surface area contributed by atoms with Gasteiger partial charge in [-0.25, -0.2) is 4.79 Å². The second-order valence-electron chi connectivity index (χ2n) is 6.98. The monoisotopic (exact) mass is 399 g/mol. The number of hydrogen-bond donors (Lipinski definition) is 2. The van der Waals surface area contributed by atoms with E-state index in [-0.39, 0.29) is 5.75 Å². The molecule has 1 heterocycles. The Hall–Kier alpha value is -3.02. The van der Waals surface area contributed by atoms with E-state index < -0.39 is 5.97 Å². The molecule has 6 heteroatoms. The van der Waals surface area contributed by atoms with Gasteiger partial charge in [-0.3, -0.25) is 4.98 Å². The number of aryl methyl sites for hydroxylation is 1. The van der Waals surface area contributed by atoms with Crippen LogP contribution in [0, 0.1) is 13.8 Å². The van der Waals surface area contributed by atoms with Crippen LogP contribution in [-0.2, 0) is 11.2 Å². The number of ether oxygens (including phenoxy) is 2. The lowest BCUT2D eigenvalue weighted by atomic mass is 9.97. The van der Waals surface area contributed by atoms with Crippen LogP contribution < -0.4 is 9.47 Å². The van der Waals surface area contributed by atoms with Gasteiger partial charge in [-0.1, -0.05) is 12.5 Å². The van der Waals surface area contributed by atoms with Crippen LogP contribution in [0.4, 0.5) is 0 Å². The van der Waals surface area contributed by atoms with E-state index in [1.165, 1.54) is 19.8 Å². The molecular formula is C23H29NO5. The van der Waals surface area contributed by atoms with Crippen LogP contribution >= 0.6 is 0 Å². The Morgan fingerprint density at radius 1 is 1.10 bits per heavy atom. The number of carbonyl (C=O) groups is 1. The molecule has 0 atom stereocenters. The number of methoxy groups -OCH3 is 2. The second-order valence-corrected chi connectivity index (χ2v) is 6.98. The maximum absolute atomic E-state index is 11.8. The van der Waals surface area contributed by atoms with E-state index >= 15 is 0 Å². The molecule has 0 aliphatic heterocycles. The Labute approximate surface area is 171 Å². The first-order valence-electron chi connectivity index (χ1n) is 9.67. The van der Waals surface area contributed by atoms with Crippen molar-refractivity contribution < 1.29 is 24.5 Å². The maximum Gasteiger partial charge on any atom is 0.331 e. The average molecular weight is 399 g/mol. The van der Waals surface area contributed by atoms with Crippen molar-refractivity contribution in [3.05, 3.63) is 52.4 Å². The average Bonchev–Trinajstić information content (AvgIpc) is 2.71. The number of pyridine rings is 1. The van der Waals surface area contributed by atoms with E-state index in [0.29, 0.717) is 40.2 Å². The number of aromatic nitrogens is 1. The maximum atomic E-state index is 11.8. The number of carboxylic acid groups (broad SMARTS) is 1. The fraction of sp³-hybridized carbons (Fsp3) is 0.391. The number of aliphatic carboxylic acids is 1. The molecular weight excluding hydrogens is 370 g/mol. The van der Waals surface area contributed by atoms with Crippen molar-refractivity contribution in [2.45, 2.75) is 46.0 Å². The lowest BCUT2D eigenvalue weighted by Crippen LogP contribution is -2.03. The number of phenolic OH excluding ortho intramolecular Hbond substituents is 1. The van der Waals surface area contributed by atoms with Crippen LogP contribution in [0.5, 0.6) is 17.2 Å².